The molecule has 0 atom stereocenters. The van der Waals surface area contributed by atoms with Crippen LogP contribution in [0, 0.1) is 0 Å². The van der Waals surface area contributed by atoms with Gasteiger partial charge in [-0.05, 0) is 23.8 Å². The summed E-state index contributed by atoms with van der Waals surface area (Å²) in [6.45, 7) is 0. The van der Waals surface area contributed by atoms with Crippen molar-refractivity contribution in [2.75, 3.05) is 5.73 Å². The van der Waals surface area contributed by atoms with Gasteiger partial charge in [-0.15, -0.1) is 11.3 Å². The highest BCUT2D eigenvalue weighted by atomic mass is 32.1. The monoisotopic (exact) mass is 368 g/mol. The average molecular weight is 368 g/mol. The highest BCUT2D eigenvalue weighted by Gasteiger charge is 2.13. The second-order valence-corrected chi connectivity index (χ2v) is 7.31. The highest BCUT2D eigenvalue weighted by Crippen LogP contribution is 2.33. The van der Waals surface area contributed by atoms with Crippen LogP contribution in [0.5, 0.6) is 0 Å². The standard InChI is InChI=1S/C22H16N4S/c23-22-25-18-11-10-17(16-13-27-20-9-5-4-8-15(16)20)24-21(18)19(26-22)12-14-6-2-1-3-7-14/h1-11,13H,12H2,(H2,23,25,26). The number of nitrogen functional groups attached to an aromatic ring is 1. The van der Waals surface area contributed by atoms with E-state index in [9.17, 15) is 0 Å². The second kappa shape index (κ2) is 6.45. The molecule has 3 heterocycles. The van der Waals surface area contributed by atoms with E-state index in [1.165, 1.54) is 15.6 Å². The smallest absolute Gasteiger partial charge is 0.220 e. The van der Waals surface area contributed by atoms with Crippen LogP contribution in [-0.2, 0) is 6.42 Å². The molecule has 0 saturated carbocycles. The zero-order valence-corrected chi connectivity index (χ0v) is 15.3. The molecule has 0 aliphatic carbocycles. The molecule has 5 heteroatoms. The lowest BCUT2D eigenvalue weighted by atomic mass is 10.1. The molecule has 2 N–H and O–H groups in total. The molecule has 0 spiro atoms. The molecule has 2 aromatic carbocycles. The summed E-state index contributed by atoms with van der Waals surface area (Å²) in [4.78, 5) is 13.8. The van der Waals surface area contributed by atoms with Gasteiger partial charge in [0.25, 0.3) is 0 Å². The van der Waals surface area contributed by atoms with E-state index in [2.05, 4.69) is 51.7 Å². The molecule has 4 nitrogen and oxygen atoms in total. The SMILES string of the molecule is Nc1nc(Cc2ccccc2)c2nc(-c3csc4ccccc34)ccc2n1. The lowest BCUT2D eigenvalue weighted by Gasteiger charge is -2.08. The molecule has 130 valence electrons. The van der Waals surface area contributed by atoms with Crippen molar-refractivity contribution in [3.8, 4) is 11.3 Å². The zero-order chi connectivity index (χ0) is 18.2. The second-order valence-electron chi connectivity index (χ2n) is 6.40. The van der Waals surface area contributed by atoms with Gasteiger partial charge in [-0.1, -0.05) is 48.5 Å². The third kappa shape index (κ3) is 2.92. The number of anilines is 1. The zero-order valence-electron chi connectivity index (χ0n) is 14.5. The van der Waals surface area contributed by atoms with E-state index in [1.807, 2.05) is 30.3 Å². The number of nitrogens with zero attached hydrogens (tertiary/aromatic N) is 3. The molecular formula is C22H16N4S. The van der Waals surface area contributed by atoms with Gasteiger partial charge in [0.15, 0.2) is 0 Å². The normalized spacial score (nSPS) is 11.3. The number of aromatic nitrogens is 3. The molecule has 0 aliphatic heterocycles. The molecule has 0 fully saturated rings. The fourth-order valence-electron chi connectivity index (χ4n) is 3.33. The molecular weight excluding hydrogens is 352 g/mol. The molecule has 0 radical (unpaired) electrons. The molecule has 0 bridgehead atoms. The van der Waals surface area contributed by atoms with Crippen molar-refractivity contribution >= 4 is 38.4 Å². The van der Waals surface area contributed by atoms with Crippen molar-refractivity contribution in [2.45, 2.75) is 6.42 Å². The molecule has 27 heavy (non-hydrogen) atoms. The maximum absolute atomic E-state index is 5.94. The first-order valence-corrected chi connectivity index (χ1v) is 9.59. The first-order chi connectivity index (χ1) is 13.3. The molecule has 0 amide bonds. The van der Waals surface area contributed by atoms with Gasteiger partial charge in [0, 0.05) is 27.5 Å². The van der Waals surface area contributed by atoms with Gasteiger partial charge < -0.3 is 5.73 Å². The van der Waals surface area contributed by atoms with E-state index in [-0.39, 0.29) is 5.95 Å². The number of benzene rings is 2. The maximum Gasteiger partial charge on any atom is 0.220 e. The van der Waals surface area contributed by atoms with Gasteiger partial charge in [0.05, 0.1) is 16.9 Å². The van der Waals surface area contributed by atoms with Gasteiger partial charge in [-0.2, -0.15) is 0 Å². The van der Waals surface area contributed by atoms with E-state index in [0.717, 1.165) is 28.0 Å². The first kappa shape index (κ1) is 15.9. The lowest BCUT2D eigenvalue weighted by molar-refractivity contribution is 1.06. The average Bonchev–Trinajstić information content (AvgIpc) is 3.13. The van der Waals surface area contributed by atoms with Crippen LogP contribution in [0.15, 0.2) is 72.1 Å². The van der Waals surface area contributed by atoms with Gasteiger partial charge >= 0.3 is 0 Å². The Kier molecular flexibility index (Phi) is 3.80. The molecule has 3 aromatic heterocycles. The Morgan fingerprint density at radius 1 is 0.815 bits per heavy atom. The third-order valence-electron chi connectivity index (χ3n) is 4.60. The quantitative estimate of drug-likeness (QED) is 0.482. The number of fused-ring (bicyclic) bond motifs is 2. The van der Waals surface area contributed by atoms with Crippen LogP contribution < -0.4 is 5.73 Å². The minimum Gasteiger partial charge on any atom is -0.368 e. The van der Waals surface area contributed by atoms with E-state index in [4.69, 9.17) is 10.7 Å². The van der Waals surface area contributed by atoms with E-state index >= 15 is 0 Å². The van der Waals surface area contributed by atoms with Crippen LogP contribution in [0.3, 0.4) is 0 Å². The maximum atomic E-state index is 5.94. The number of pyridine rings is 1. The highest BCUT2D eigenvalue weighted by molar-refractivity contribution is 7.17. The molecule has 5 rings (SSSR count). The van der Waals surface area contributed by atoms with Crippen LogP contribution in [0.4, 0.5) is 5.95 Å². The number of rotatable bonds is 3. The number of nitrogens with two attached hydrogens (primary N) is 1. The summed E-state index contributed by atoms with van der Waals surface area (Å²) in [7, 11) is 0. The van der Waals surface area contributed by atoms with Crippen molar-refractivity contribution in [2.24, 2.45) is 0 Å². The minimum atomic E-state index is 0.281. The fourth-order valence-corrected chi connectivity index (χ4v) is 4.29. The van der Waals surface area contributed by atoms with E-state index in [1.54, 1.807) is 11.3 Å². The van der Waals surface area contributed by atoms with Crippen molar-refractivity contribution < 1.29 is 0 Å². The minimum absolute atomic E-state index is 0.281. The summed E-state index contributed by atoms with van der Waals surface area (Å²) in [5, 5.41) is 3.38. The summed E-state index contributed by atoms with van der Waals surface area (Å²) in [5.41, 5.74) is 11.6. The van der Waals surface area contributed by atoms with E-state index in [0.29, 0.717) is 6.42 Å². The Hall–Kier alpha value is -3.31. The van der Waals surface area contributed by atoms with Crippen molar-refractivity contribution in [3.05, 3.63) is 83.4 Å². The third-order valence-corrected chi connectivity index (χ3v) is 5.57. The molecule has 5 aromatic rings. The Balaban J connectivity index is 1.68. The molecule has 0 unspecified atom stereocenters. The van der Waals surface area contributed by atoms with Gasteiger partial charge in [0.1, 0.15) is 5.52 Å². The predicted octanol–water partition coefficient (Wildman–Crippen LogP) is 5.08. The Labute approximate surface area is 160 Å². The van der Waals surface area contributed by atoms with Crippen molar-refractivity contribution in [3.63, 3.8) is 0 Å². The lowest BCUT2D eigenvalue weighted by Crippen LogP contribution is -2.03. The topological polar surface area (TPSA) is 64.7 Å². The summed E-state index contributed by atoms with van der Waals surface area (Å²) in [6.07, 6.45) is 0.672. The van der Waals surface area contributed by atoms with Crippen LogP contribution in [0.25, 0.3) is 32.4 Å². The van der Waals surface area contributed by atoms with Crippen molar-refractivity contribution in [1.29, 1.82) is 0 Å². The first-order valence-electron chi connectivity index (χ1n) is 8.71. The predicted molar refractivity (Wildman–Crippen MR) is 112 cm³/mol. The molecule has 0 aliphatic rings. The molecule has 0 saturated heterocycles. The Bertz CT molecular complexity index is 1260. The van der Waals surface area contributed by atoms with Crippen LogP contribution in [0.1, 0.15) is 11.3 Å². The Morgan fingerprint density at radius 2 is 1.63 bits per heavy atom. The summed E-state index contributed by atoms with van der Waals surface area (Å²) < 4.78 is 1.26. The van der Waals surface area contributed by atoms with E-state index < -0.39 is 0 Å². The van der Waals surface area contributed by atoms with Crippen LogP contribution in [-0.4, -0.2) is 15.0 Å². The fraction of sp³-hybridized carbons (Fsp3) is 0.0455. The number of hydrogen-bond acceptors (Lipinski definition) is 5. The van der Waals surface area contributed by atoms with Gasteiger partial charge in [0.2, 0.25) is 5.95 Å². The van der Waals surface area contributed by atoms with Crippen LogP contribution in [0.2, 0.25) is 0 Å². The summed E-state index contributed by atoms with van der Waals surface area (Å²) >= 11 is 1.73. The van der Waals surface area contributed by atoms with Crippen LogP contribution >= 0.6 is 11.3 Å². The Morgan fingerprint density at radius 3 is 2.52 bits per heavy atom. The number of hydrogen-bond donors (Lipinski definition) is 1. The van der Waals surface area contributed by atoms with Crippen molar-refractivity contribution in [1.82, 2.24) is 15.0 Å². The number of thiophene rings is 1. The van der Waals surface area contributed by atoms with Gasteiger partial charge in [-0.25, -0.2) is 15.0 Å². The summed E-state index contributed by atoms with van der Waals surface area (Å²) in [6, 6.07) is 22.6. The summed E-state index contributed by atoms with van der Waals surface area (Å²) in [5.74, 6) is 0.281. The largest absolute Gasteiger partial charge is 0.368 e. The van der Waals surface area contributed by atoms with Gasteiger partial charge in [-0.3, -0.25) is 0 Å².